The van der Waals surface area contributed by atoms with E-state index in [9.17, 15) is 18.0 Å². The Bertz CT molecular complexity index is 565. The maximum Gasteiger partial charge on any atom is 0.416 e. The third-order valence-corrected chi connectivity index (χ3v) is 4.93. The average Bonchev–Trinajstić information content (AvgIpc) is 3.08. The van der Waals surface area contributed by atoms with E-state index in [-0.39, 0.29) is 23.9 Å². The van der Waals surface area contributed by atoms with Crippen molar-refractivity contribution in [2.45, 2.75) is 37.9 Å². The van der Waals surface area contributed by atoms with E-state index in [1.807, 2.05) is 0 Å². The maximum absolute atomic E-state index is 12.8. The van der Waals surface area contributed by atoms with Gasteiger partial charge in [-0.05, 0) is 56.3 Å². The van der Waals surface area contributed by atoms with E-state index < -0.39 is 11.7 Å². The molecule has 1 N–H and O–H groups in total. The van der Waals surface area contributed by atoms with E-state index in [2.05, 4.69) is 5.32 Å². The molecule has 2 saturated heterocycles. The minimum absolute atomic E-state index is 0. The molecule has 0 spiro atoms. The molecule has 0 aliphatic carbocycles. The maximum atomic E-state index is 12.8. The van der Waals surface area contributed by atoms with Crippen LogP contribution in [0.3, 0.4) is 0 Å². The molecule has 1 unspecified atom stereocenters. The van der Waals surface area contributed by atoms with Gasteiger partial charge in [0.25, 0.3) is 5.91 Å². The molecule has 134 valence electrons. The summed E-state index contributed by atoms with van der Waals surface area (Å²) >= 11 is 0. The zero-order valence-corrected chi connectivity index (χ0v) is 14.1. The minimum atomic E-state index is -4.42. The lowest BCUT2D eigenvalue weighted by molar-refractivity contribution is -0.137. The number of nitrogens with zero attached hydrogens (tertiary/aromatic N) is 1. The third kappa shape index (κ3) is 4.22. The van der Waals surface area contributed by atoms with Crippen LogP contribution >= 0.6 is 12.4 Å². The number of carbonyl (C=O) groups is 1. The highest BCUT2D eigenvalue weighted by atomic mass is 35.5. The Balaban J connectivity index is 0.00000208. The second kappa shape index (κ2) is 7.74. The van der Waals surface area contributed by atoms with Gasteiger partial charge in [-0.1, -0.05) is 6.07 Å². The van der Waals surface area contributed by atoms with Gasteiger partial charge in [-0.15, -0.1) is 12.4 Å². The first kappa shape index (κ1) is 19.1. The van der Waals surface area contributed by atoms with Crippen molar-refractivity contribution in [2.24, 2.45) is 5.92 Å². The highest BCUT2D eigenvalue weighted by Gasteiger charge is 2.33. The Labute approximate surface area is 146 Å². The molecule has 2 aliphatic heterocycles. The summed E-state index contributed by atoms with van der Waals surface area (Å²) in [6.45, 7) is 2.31. The first-order valence-electron chi connectivity index (χ1n) is 8.15. The van der Waals surface area contributed by atoms with Crippen molar-refractivity contribution in [1.82, 2.24) is 10.2 Å². The van der Waals surface area contributed by atoms with Crippen LogP contribution in [0.15, 0.2) is 24.3 Å². The van der Waals surface area contributed by atoms with Crippen molar-refractivity contribution in [3.05, 3.63) is 35.4 Å². The third-order valence-electron chi connectivity index (χ3n) is 4.93. The van der Waals surface area contributed by atoms with Gasteiger partial charge in [-0.3, -0.25) is 4.79 Å². The number of alkyl halides is 3. The van der Waals surface area contributed by atoms with Crippen molar-refractivity contribution in [1.29, 1.82) is 0 Å². The molecule has 1 aromatic rings. The molecule has 0 bridgehead atoms. The van der Waals surface area contributed by atoms with Crippen LogP contribution in [0.5, 0.6) is 0 Å². The number of amides is 1. The van der Waals surface area contributed by atoms with Crippen molar-refractivity contribution >= 4 is 18.3 Å². The lowest BCUT2D eigenvalue weighted by Gasteiger charge is -2.35. The molecular formula is C17H22ClF3N2O. The molecule has 2 aliphatic rings. The SMILES string of the molecule is Cl.O=C(c1cccc(C(F)(F)F)c1)N1CCC(C2CCCN2)CC1. The van der Waals surface area contributed by atoms with E-state index in [4.69, 9.17) is 0 Å². The number of rotatable bonds is 2. The van der Waals surface area contributed by atoms with Crippen LogP contribution < -0.4 is 5.32 Å². The molecule has 3 rings (SSSR count). The predicted octanol–water partition coefficient (Wildman–Crippen LogP) is 3.73. The van der Waals surface area contributed by atoms with E-state index in [1.165, 1.54) is 25.0 Å². The van der Waals surface area contributed by atoms with Gasteiger partial charge in [0, 0.05) is 24.7 Å². The topological polar surface area (TPSA) is 32.3 Å². The van der Waals surface area contributed by atoms with E-state index in [0.717, 1.165) is 31.5 Å². The largest absolute Gasteiger partial charge is 0.416 e. The van der Waals surface area contributed by atoms with Gasteiger partial charge >= 0.3 is 6.18 Å². The van der Waals surface area contributed by atoms with E-state index in [0.29, 0.717) is 25.0 Å². The standard InChI is InChI=1S/C17H21F3N2O.ClH/c18-17(19,20)14-4-1-3-13(11-14)16(23)22-9-6-12(7-10-22)15-5-2-8-21-15;/h1,3-4,11-12,15,21H,2,5-10H2;1H. The molecule has 7 heteroatoms. The first-order valence-corrected chi connectivity index (χ1v) is 8.15. The lowest BCUT2D eigenvalue weighted by atomic mass is 9.88. The van der Waals surface area contributed by atoms with Crippen LogP contribution in [0.1, 0.15) is 41.6 Å². The molecule has 0 aromatic heterocycles. The molecule has 0 saturated carbocycles. The summed E-state index contributed by atoms with van der Waals surface area (Å²) in [5.74, 6) is 0.275. The van der Waals surface area contributed by atoms with Gasteiger partial charge < -0.3 is 10.2 Å². The smallest absolute Gasteiger partial charge is 0.339 e. The Morgan fingerprint density at radius 1 is 1.17 bits per heavy atom. The van der Waals surface area contributed by atoms with Crippen LogP contribution in [0.25, 0.3) is 0 Å². The van der Waals surface area contributed by atoms with Crippen LogP contribution in [0.2, 0.25) is 0 Å². The number of hydrogen-bond donors (Lipinski definition) is 1. The Kier molecular flexibility index (Phi) is 6.15. The summed E-state index contributed by atoms with van der Waals surface area (Å²) in [5, 5.41) is 3.50. The zero-order valence-electron chi connectivity index (χ0n) is 13.3. The number of likely N-dealkylation sites (tertiary alicyclic amines) is 1. The van der Waals surface area contributed by atoms with Crippen LogP contribution in [0.4, 0.5) is 13.2 Å². The van der Waals surface area contributed by atoms with Crippen molar-refractivity contribution < 1.29 is 18.0 Å². The number of hydrogen-bond acceptors (Lipinski definition) is 2. The Morgan fingerprint density at radius 3 is 2.46 bits per heavy atom. The minimum Gasteiger partial charge on any atom is -0.339 e. The molecule has 1 atom stereocenters. The van der Waals surface area contributed by atoms with Crippen molar-refractivity contribution in [3.8, 4) is 0 Å². The fraction of sp³-hybridized carbons (Fsp3) is 0.588. The predicted molar refractivity (Wildman–Crippen MR) is 88.3 cm³/mol. The molecule has 2 heterocycles. The van der Waals surface area contributed by atoms with Gasteiger partial charge in [0.15, 0.2) is 0 Å². The van der Waals surface area contributed by atoms with Gasteiger partial charge in [-0.25, -0.2) is 0 Å². The second-order valence-corrected chi connectivity index (χ2v) is 6.41. The fourth-order valence-corrected chi connectivity index (χ4v) is 3.63. The summed E-state index contributed by atoms with van der Waals surface area (Å²) in [6.07, 6.45) is -0.192. The lowest BCUT2D eigenvalue weighted by Crippen LogP contribution is -2.43. The van der Waals surface area contributed by atoms with Crippen molar-refractivity contribution in [2.75, 3.05) is 19.6 Å². The van der Waals surface area contributed by atoms with Crippen LogP contribution in [0, 0.1) is 5.92 Å². The summed E-state index contributed by atoms with van der Waals surface area (Å²) in [7, 11) is 0. The van der Waals surface area contributed by atoms with Gasteiger partial charge in [0.05, 0.1) is 5.56 Å². The molecule has 24 heavy (non-hydrogen) atoms. The second-order valence-electron chi connectivity index (χ2n) is 6.41. The zero-order chi connectivity index (χ0) is 16.4. The number of nitrogens with one attached hydrogen (secondary N) is 1. The summed E-state index contributed by atoms with van der Waals surface area (Å²) in [5.41, 5.74) is -0.648. The summed E-state index contributed by atoms with van der Waals surface area (Å²) in [4.78, 5) is 14.1. The monoisotopic (exact) mass is 362 g/mol. The molecule has 1 aromatic carbocycles. The Hall–Kier alpha value is -1.27. The number of benzene rings is 1. The average molecular weight is 363 g/mol. The summed E-state index contributed by atoms with van der Waals surface area (Å²) < 4.78 is 38.3. The quantitative estimate of drug-likeness (QED) is 0.869. The fourth-order valence-electron chi connectivity index (χ4n) is 3.63. The molecule has 1 amide bonds. The molecule has 2 fully saturated rings. The number of halogens is 4. The van der Waals surface area contributed by atoms with Gasteiger partial charge in [0.1, 0.15) is 0 Å². The van der Waals surface area contributed by atoms with Gasteiger partial charge in [0.2, 0.25) is 0 Å². The van der Waals surface area contributed by atoms with Crippen LogP contribution in [-0.4, -0.2) is 36.5 Å². The van der Waals surface area contributed by atoms with Crippen molar-refractivity contribution in [3.63, 3.8) is 0 Å². The molecule has 0 radical (unpaired) electrons. The molecule has 3 nitrogen and oxygen atoms in total. The van der Waals surface area contributed by atoms with Crippen LogP contribution in [-0.2, 0) is 6.18 Å². The first-order chi connectivity index (χ1) is 10.9. The highest BCUT2D eigenvalue weighted by molar-refractivity contribution is 5.94. The van der Waals surface area contributed by atoms with E-state index in [1.54, 1.807) is 4.90 Å². The number of piperidine rings is 1. The Morgan fingerprint density at radius 2 is 1.88 bits per heavy atom. The number of carbonyl (C=O) groups excluding carboxylic acids is 1. The van der Waals surface area contributed by atoms with E-state index >= 15 is 0 Å². The highest BCUT2D eigenvalue weighted by Crippen LogP contribution is 2.30. The normalized spacial score (nSPS) is 22.3. The summed E-state index contributed by atoms with van der Waals surface area (Å²) in [6, 6.07) is 5.25. The molecular weight excluding hydrogens is 341 g/mol. The van der Waals surface area contributed by atoms with Gasteiger partial charge in [-0.2, -0.15) is 13.2 Å².